The zero-order chi connectivity index (χ0) is 21.4. The maximum absolute atomic E-state index is 12.1. The number of carboxylic acids is 1. The molecule has 7 nitrogen and oxygen atoms in total. The van der Waals surface area contributed by atoms with E-state index < -0.39 is 5.97 Å². The van der Waals surface area contributed by atoms with E-state index in [4.69, 9.17) is 9.83 Å². The Morgan fingerprint density at radius 2 is 1.80 bits per heavy atom. The van der Waals surface area contributed by atoms with E-state index in [1.54, 1.807) is 37.4 Å². The normalized spacial score (nSPS) is 11.0. The van der Waals surface area contributed by atoms with Crippen molar-refractivity contribution in [2.45, 2.75) is 0 Å². The van der Waals surface area contributed by atoms with Crippen LogP contribution in [0.25, 0.3) is 33.4 Å². The van der Waals surface area contributed by atoms with Gasteiger partial charge in [0.1, 0.15) is 11.3 Å². The van der Waals surface area contributed by atoms with Gasteiger partial charge in [0.05, 0.1) is 10.9 Å². The first-order valence-electron chi connectivity index (χ1n) is 9.42. The number of nitrogens with zero attached hydrogens (tertiary/aromatic N) is 1. The molecule has 7 heteroatoms. The number of aromatic carboxylic acids is 1. The fourth-order valence-corrected chi connectivity index (χ4v) is 3.61. The molecule has 0 aromatic heterocycles. The van der Waals surface area contributed by atoms with Crippen LogP contribution in [0.4, 0.5) is 11.4 Å². The first kappa shape index (κ1) is 19.5. The molecule has 2 aromatic rings. The van der Waals surface area contributed by atoms with Gasteiger partial charge in [0.25, 0.3) is 0 Å². The fourth-order valence-electron chi connectivity index (χ4n) is 3.61. The smallest absolute Gasteiger partial charge is 0.336 e. The molecular formula is C23H22N4O3. The third-order valence-corrected chi connectivity index (χ3v) is 5.01. The summed E-state index contributed by atoms with van der Waals surface area (Å²) >= 11 is 0. The topological polar surface area (TPSA) is 102 Å². The first-order chi connectivity index (χ1) is 14.4. The summed E-state index contributed by atoms with van der Waals surface area (Å²) in [5, 5.41) is 19.0. The molecule has 0 unspecified atom stereocenters. The highest BCUT2D eigenvalue weighted by atomic mass is 16.4. The number of carbonyl (C=O) groups is 1. The summed E-state index contributed by atoms with van der Waals surface area (Å²) < 4.78 is 6.13. The van der Waals surface area contributed by atoms with E-state index in [1.807, 2.05) is 43.3 Å². The zero-order valence-electron chi connectivity index (χ0n) is 16.9. The Kier molecular flexibility index (Phi) is 4.89. The summed E-state index contributed by atoms with van der Waals surface area (Å²) in [4.78, 5) is 14.1. The molecule has 0 saturated heterocycles. The van der Waals surface area contributed by atoms with E-state index in [0.717, 1.165) is 22.2 Å². The molecule has 0 saturated carbocycles. The number of hydrazine groups is 1. The minimum absolute atomic E-state index is 0.177. The minimum Gasteiger partial charge on any atom is -0.478 e. The van der Waals surface area contributed by atoms with E-state index in [9.17, 15) is 9.90 Å². The Bertz CT molecular complexity index is 1290. The molecule has 4 rings (SSSR count). The Morgan fingerprint density at radius 1 is 1.03 bits per heavy atom. The predicted molar refractivity (Wildman–Crippen MR) is 118 cm³/mol. The Balaban J connectivity index is 2.11. The molecule has 0 fully saturated rings. The highest BCUT2D eigenvalue weighted by molar-refractivity contribution is 6.08. The van der Waals surface area contributed by atoms with Gasteiger partial charge in [-0.25, -0.2) is 10.2 Å². The second-order valence-corrected chi connectivity index (χ2v) is 7.20. The van der Waals surface area contributed by atoms with Crippen molar-refractivity contribution in [1.29, 1.82) is 5.41 Å². The highest BCUT2D eigenvalue weighted by Gasteiger charge is 2.22. The number of rotatable bonds is 5. The van der Waals surface area contributed by atoms with E-state index in [0.29, 0.717) is 28.0 Å². The Morgan fingerprint density at radius 3 is 2.50 bits per heavy atom. The van der Waals surface area contributed by atoms with Crippen molar-refractivity contribution in [1.82, 2.24) is 5.43 Å². The highest BCUT2D eigenvalue weighted by Crippen LogP contribution is 2.42. The lowest BCUT2D eigenvalue weighted by atomic mass is 9.90. The fraction of sp³-hybridized carbons (Fsp3) is 0.130. The molecule has 152 valence electrons. The van der Waals surface area contributed by atoms with Crippen LogP contribution in [-0.2, 0) is 0 Å². The van der Waals surface area contributed by atoms with Gasteiger partial charge in [0, 0.05) is 61.2 Å². The van der Waals surface area contributed by atoms with Crippen molar-refractivity contribution >= 4 is 28.3 Å². The molecule has 4 N–H and O–H groups in total. The molecule has 0 amide bonds. The monoisotopic (exact) mass is 402 g/mol. The van der Waals surface area contributed by atoms with Gasteiger partial charge in [-0.1, -0.05) is 6.07 Å². The van der Waals surface area contributed by atoms with Crippen molar-refractivity contribution in [2.24, 2.45) is 0 Å². The third kappa shape index (κ3) is 3.35. The van der Waals surface area contributed by atoms with Crippen LogP contribution < -0.4 is 21.1 Å². The van der Waals surface area contributed by atoms with Gasteiger partial charge in [-0.3, -0.25) is 0 Å². The van der Waals surface area contributed by atoms with E-state index in [1.165, 1.54) is 0 Å². The minimum atomic E-state index is -1.02. The van der Waals surface area contributed by atoms with E-state index in [2.05, 4.69) is 10.9 Å². The summed E-state index contributed by atoms with van der Waals surface area (Å²) in [7, 11) is 5.61. The number of nitrogens with one attached hydrogen (secondary N) is 3. The van der Waals surface area contributed by atoms with Gasteiger partial charge in [0.15, 0.2) is 0 Å². The van der Waals surface area contributed by atoms with Gasteiger partial charge < -0.3 is 25.3 Å². The Labute approximate surface area is 173 Å². The van der Waals surface area contributed by atoms with Crippen LogP contribution >= 0.6 is 0 Å². The third-order valence-electron chi connectivity index (χ3n) is 5.01. The maximum atomic E-state index is 12.1. The number of hydrogen-bond acceptors (Lipinski definition) is 6. The molecule has 1 aliphatic heterocycles. The van der Waals surface area contributed by atoms with Gasteiger partial charge >= 0.3 is 5.97 Å². The van der Waals surface area contributed by atoms with Crippen molar-refractivity contribution in [3.8, 4) is 22.5 Å². The molecule has 30 heavy (non-hydrogen) atoms. The molecule has 1 aliphatic carbocycles. The lowest BCUT2D eigenvalue weighted by Gasteiger charge is -2.19. The van der Waals surface area contributed by atoms with Gasteiger partial charge in [-0.05, 0) is 42.0 Å². The van der Waals surface area contributed by atoms with Crippen molar-refractivity contribution < 1.29 is 14.3 Å². The molecule has 2 aromatic carbocycles. The molecule has 2 aliphatic rings. The van der Waals surface area contributed by atoms with Crippen molar-refractivity contribution in [2.75, 3.05) is 31.5 Å². The molecular weight excluding hydrogens is 380 g/mol. The van der Waals surface area contributed by atoms with Crippen LogP contribution in [0.1, 0.15) is 10.4 Å². The maximum Gasteiger partial charge on any atom is 0.336 e. The number of fused-ring (bicyclic) bond motifs is 2. The van der Waals surface area contributed by atoms with Crippen LogP contribution in [0, 0.1) is 5.41 Å². The quantitative estimate of drug-likeness (QED) is 0.297. The standard InChI is InChI=1S/C23H22N4O3/c1-25-26-14-5-8-16(19(11-14)23(28)29)22-17-7-4-13(24)10-20(17)30-21-12-15(27(2)3)6-9-18(21)22/h4-12,24-26H,1-3H3,(H,28,29). The van der Waals surface area contributed by atoms with Crippen molar-refractivity contribution in [3.05, 3.63) is 65.5 Å². The van der Waals surface area contributed by atoms with Crippen LogP contribution in [0.3, 0.4) is 0 Å². The first-order valence-corrected chi connectivity index (χ1v) is 9.42. The number of benzene rings is 3. The van der Waals surface area contributed by atoms with Gasteiger partial charge in [-0.15, -0.1) is 0 Å². The van der Waals surface area contributed by atoms with Crippen LogP contribution in [-0.4, -0.2) is 32.2 Å². The number of hydrogen-bond donors (Lipinski definition) is 4. The molecule has 0 radical (unpaired) electrons. The SMILES string of the molecule is CNNc1ccc(-c2c3ccc(=N)cc-3oc3cc(N(C)C)ccc23)c(C(=O)O)c1. The lowest BCUT2D eigenvalue weighted by molar-refractivity contribution is 0.0698. The second kappa shape index (κ2) is 7.53. The molecule has 1 heterocycles. The van der Waals surface area contributed by atoms with Crippen LogP contribution in [0.2, 0.25) is 0 Å². The second-order valence-electron chi connectivity index (χ2n) is 7.20. The number of anilines is 2. The van der Waals surface area contributed by atoms with Gasteiger partial charge in [0.2, 0.25) is 0 Å². The average molecular weight is 402 g/mol. The Hall–Kier alpha value is -3.84. The summed E-state index contributed by atoms with van der Waals surface area (Å²) in [6, 6.07) is 16.2. The summed E-state index contributed by atoms with van der Waals surface area (Å²) in [5.41, 5.74) is 10.3. The molecule has 0 bridgehead atoms. The summed E-state index contributed by atoms with van der Waals surface area (Å²) in [5.74, 6) is -0.483. The van der Waals surface area contributed by atoms with Crippen LogP contribution in [0.5, 0.6) is 0 Å². The summed E-state index contributed by atoms with van der Waals surface area (Å²) in [6.45, 7) is 0. The van der Waals surface area contributed by atoms with Crippen LogP contribution in [0.15, 0.2) is 59.0 Å². The lowest BCUT2D eigenvalue weighted by Crippen LogP contribution is -2.15. The van der Waals surface area contributed by atoms with Crippen molar-refractivity contribution in [3.63, 3.8) is 0 Å². The molecule has 0 atom stereocenters. The van der Waals surface area contributed by atoms with E-state index >= 15 is 0 Å². The molecule has 0 spiro atoms. The van der Waals surface area contributed by atoms with Gasteiger partial charge in [-0.2, -0.15) is 0 Å². The zero-order valence-corrected chi connectivity index (χ0v) is 16.9. The summed E-state index contributed by atoms with van der Waals surface area (Å²) in [6.07, 6.45) is 0. The van der Waals surface area contributed by atoms with E-state index in [-0.39, 0.29) is 5.56 Å². The number of carboxylic acid groups (broad SMARTS) is 1. The predicted octanol–water partition coefficient (Wildman–Crippen LogP) is 3.99. The largest absolute Gasteiger partial charge is 0.478 e. The average Bonchev–Trinajstić information content (AvgIpc) is 2.71.